The number of thioether (sulfide) groups is 1. The zero-order chi connectivity index (χ0) is 20.6. The maximum Gasteiger partial charge on any atom is 0.311 e. The van der Waals surface area contributed by atoms with E-state index in [-0.39, 0.29) is 23.8 Å². The molecular formula is C22H24N2O4S. The van der Waals surface area contributed by atoms with E-state index in [1.54, 1.807) is 13.0 Å². The highest BCUT2D eigenvalue weighted by molar-refractivity contribution is 8.01. The molecule has 1 saturated heterocycles. The van der Waals surface area contributed by atoms with Crippen molar-refractivity contribution in [3.8, 4) is 5.75 Å². The van der Waals surface area contributed by atoms with E-state index in [1.807, 2.05) is 31.2 Å². The molecule has 29 heavy (non-hydrogen) atoms. The molecule has 0 amide bonds. The summed E-state index contributed by atoms with van der Waals surface area (Å²) in [6.45, 7) is 6.42. The molecule has 0 N–H and O–H groups in total. The summed E-state index contributed by atoms with van der Waals surface area (Å²) < 4.78 is 5.13. The second-order valence-electron chi connectivity index (χ2n) is 7.93. The van der Waals surface area contributed by atoms with Gasteiger partial charge in [-0.25, -0.2) is 0 Å². The van der Waals surface area contributed by atoms with Crippen LogP contribution < -0.4 is 4.74 Å². The lowest BCUT2D eigenvalue weighted by Crippen LogP contribution is -2.52. The van der Waals surface area contributed by atoms with Gasteiger partial charge < -0.3 is 9.64 Å². The van der Waals surface area contributed by atoms with E-state index >= 15 is 0 Å². The minimum absolute atomic E-state index is 0.0805. The predicted molar refractivity (Wildman–Crippen MR) is 113 cm³/mol. The summed E-state index contributed by atoms with van der Waals surface area (Å²) in [6.07, 6.45) is 2.25. The third-order valence-corrected chi connectivity index (χ3v) is 6.86. The molecule has 0 radical (unpaired) electrons. The van der Waals surface area contributed by atoms with Crippen LogP contribution in [0.3, 0.4) is 0 Å². The molecule has 2 aromatic rings. The average Bonchev–Trinajstić information content (AvgIpc) is 3.19. The number of fused-ring (bicyclic) bond motifs is 1. The van der Waals surface area contributed by atoms with Gasteiger partial charge >= 0.3 is 5.69 Å². The SMILES string of the molecule is Cc1ccc(S[C@@]2(CN3CCCC3)COc3c(cc(C)cc3[N+](=O)[O-])C2=O)cc1. The molecule has 0 aliphatic carbocycles. The second-order valence-corrected chi connectivity index (χ2v) is 9.39. The summed E-state index contributed by atoms with van der Waals surface area (Å²) in [4.78, 5) is 28.1. The fourth-order valence-electron chi connectivity index (χ4n) is 4.07. The van der Waals surface area contributed by atoms with Crippen LogP contribution in [0.4, 0.5) is 5.69 Å². The summed E-state index contributed by atoms with van der Waals surface area (Å²) in [6, 6.07) is 11.3. The van der Waals surface area contributed by atoms with E-state index in [1.165, 1.54) is 17.8 Å². The fraction of sp³-hybridized carbons (Fsp3) is 0.409. The minimum Gasteiger partial charge on any atom is -0.484 e. The van der Waals surface area contributed by atoms with E-state index in [0.717, 1.165) is 36.4 Å². The lowest BCUT2D eigenvalue weighted by atomic mass is 9.91. The standard InChI is InChI=1S/C22H24N2O4S/c1-15-5-7-17(8-6-15)29-22(13-23-9-3-4-10-23)14-28-20-18(21(22)25)11-16(2)12-19(20)24(26)27/h5-8,11-12H,3-4,9-10,13-14H2,1-2H3/t22-/m0/s1. The molecule has 0 saturated carbocycles. The highest BCUT2D eigenvalue weighted by Gasteiger charge is 2.48. The molecule has 152 valence electrons. The van der Waals surface area contributed by atoms with Gasteiger partial charge in [0.15, 0.2) is 5.78 Å². The Kier molecular flexibility index (Phi) is 5.36. The van der Waals surface area contributed by atoms with Crippen molar-refractivity contribution in [1.82, 2.24) is 4.90 Å². The molecule has 1 fully saturated rings. The van der Waals surface area contributed by atoms with Crippen molar-refractivity contribution < 1.29 is 14.5 Å². The molecule has 0 spiro atoms. The van der Waals surface area contributed by atoms with Gasteiger partial charge in [-0.2, -0.15) is 0 Å². The Morgan fingerprint density at radius 3 is 2.48 bits per heavy atom. The Labute approximate surface area is 174 Å². The van der Waals surface area contributed by atoms with Crippen molar-refractivity contribution in [1.29, 1.82) is 0 Å². The van der Waals surface area contributed by atoms with Crippen molar-refractivity contribution in [2.24, 2.45) is 0 Å². The minimum atomic E-state index is -0.825. The van der Waals surface area contributed by atoms with Crippen LogP contribution in [-0.2, 0) is 0 Å². The molecule has 0 unspecified atom stereocenters. The van der Waals surface area contributed by atoms with Gasteiger partial charge in [-0.15, -0.1) is 11.8 Å². The first kappa shape index (κ1) is 19.9. The van der Waals surface area contributed by atoms with Gasteiger partial charge in [0.25, 0.3) is 0 Å². The van der Waals surface area contributed by atoms with E-state index in [4.69, 9.17) is 4.74 Å². The first-order valence-electron chi connectivity index (χ1n) is 9.83. The first-order valence-corrected chi connectivity index (χ1v) is 10.6. The molecule has 4 rings (SSSR count). The number of benzene rings is 2. The fourth-order valence-corrected chi connectivity index (χ4v) is 5.36. The number of carbonyl (C=O) groups excluding carboxylic acids is 1. The van der Waals surface area contributed by atoms with E-state index in [9.17, 15) is 14.9 Å². The summed E-state index contributed by atoms with van der Waals surface area (Å²) in [5, 5.41) is 11.5. The number of nitrogens with zero attached hydrogens (tertiary/aromatic N) is 2. The Hall–Kier alpha value is -2.38. The predicted octanol–water partition coefficient (Wildman–Crippen LogP) is 4.41. The van der Waals surface area contributed by atoms with Crippen LogP contribution >= 0.6 is 11.8 Å². The molecular weight excluding hydrogens is 388 g/mol. The lowest BCUT2D eigenvalue weighted by molar-refractivity contribution is -0.386. The van der Waals surface area contributed by atoms with Crippen molar-refractivity contribution in [2.75, 3.05) is 26.2 Å². The molecule has 2 heterocycles. The van der Waals surface area contributed by atoms with Crippen molar-refractivity contribution >= 4 is 23.2 Å². The zero-order valence-electron chi connectivity index (χ0n) is 16.6. The summed E-state index contributed by atoms with van der Waals surface area (Å²) >= 11 is 1.51. The quantitative estimate of drug-likeness (QED) is 0.535. The summed E-state index contributed by atoms with van der Waals surface area (Å²) in [5.74, 6) is 0.0233. The Morgan fingerprint density at radius 2 is 1.83 bits per heavy atom. The smallest absolute Gasteiger partial charge is 0.311 e. The van der Waals surface area contributed by atoms with Gasteiger partial charge in [-0.05, 0) is 63.5 Å². The number of carbonyl (C=O) groups is 1. The van der Waals surface area contributed by atoms with Crippen LogP contribution in [0.15, 0.2) is 41.3 Å². The van der Waals surface area contributed by atoms with Gasteiger partial charge in [0.05, 0.1) is 10.5 Å². The number of aryl methyl sites for hydroxylation is 2. The molecule has 7 heteroatoms. The normalized spacial score (nSPS) is 21.7. The van der Waals surface area contributed by atoms with Crippen molar-refractivity contribution in [2.45, 2.75) is 36.3 Å². The molecule has 0 aromatic heterocycles. The maximum absolute atomic E-state index is 13.8. The van der Waals surface area contributed by atoms with Gasteiger partial charge in [0.1, 0.15) is 11.4 Å². The topological polar surface area (TPSA) is 72.7 Å². The number of hydrogen-bond donors (Lipinski definition) is 0. The van der Waals surface area contributed by atoms with Crippen molar-refractivity contribution in [3.05, 3.63) is 63.2 Å². The molecule has 2 aromatic carbocycles. The monoisotopic (exact) mass is 412 g/mol. The average molecular weight is 413 g/mol. The largest absolute Gasteiger partial charge is 0.484 e. The lowest BCUT2D eigenvalue weighted by Gasteiger charge is -2.38. The number of rotatable bonds is 5. The molecule has 0 bridgehead atoms. The van der Waals surface area contributed by atoms with Crippen LogP contribution in [0.2, 0.25) is 0 Å². The Morgan fingerprint density at radius 1 is 1.14 bits per heavy atom. The maximum atomic E-state index is 13.8. The second kappa shape index (κ2) is 7.80. The summed E-state index contributed by atoms with van der Waals surface area (Å²) in [5.41, 5.74) is 2.03. The number of ether oxygens (including phenoxy) is 1. The van der Waals surface area contributed by atoms with E-state index in [0.29, 0.717) is 17.7 Å². The number of ketones is 1. The number of Topliss-reactive ketones (excluding diaryl/α,β-unsaturated/α-hetero) is 1. The van der Waals surface area contributed by atoms with Gasteiger partial charge in [0.2, 0.25) is 5.75 Å². The van der Waals surface area contributed by atoms with E-state index in [2.05, 4.69) is 4.90 Å². The Bertz CT molecular complexity index is 954. The number of nitro groups is 1. The number of nitro benzene ring substituents is 1. The zero-order valence-corrected chi connectivity index (χ0v) is 17.5. The number of hydrogen-bond acceptors (Lipinski definition) is 6. The van der Waals surface area contributed by atoms with Crippen LogP contribution in [0.25, 0.3) is 0 Å². The molecule has 6 nitrogen and oxygen atoms in total. The highest BCUT2D eigenvalue weighted by Crippen LogP contribution is 2.45. The van der Waals surface area contributed by atoms with Crippen molar-refractivity contribution in [3.63, 3.8) is 0 Å². The van der Waals surface area contributed by atoms with Gasteiger partial charge in [-0.3, -0.25) is 14.9 Å². The van der Waals surface area contributed by atoms with E-state index < -0.39 is 9.67 Å². The Balaban J connectivity index is 1.76. The molecule has 1 atom stereocenters. The summed E-state index contributed by atoms with van der Waals surface area (Å²) in [7, 11) is 0. The van der Waals surface area contributed by atoms with Crippen LogP contribution in [-0.4, -0.2) is 46.6 Å². The van der Waals surface area contributed by atoms with Crippen LogP contribution in [0.5, 0.6) is 5.75 Å². The molecule has 2 aliphatic rings. The van der Waals surface area contributed by atoms with Gasteiger partial charge in [-0.1, -0.05) is 17.7 Å². The highest BCUT2D eigenvalue weighted by atomic mass is 32.2. The van der Waals surface area contributed by atoms with Crippen LogP contribution in [0, 0.1) is 24.0 Å². The number of likely N-dealkylation sites (tertiary alicyclic amines) is 1. The van der Waals surface area contributed by atoms with Crippen LogP contribution in [0.1, 0.15) is 34.3 Å². The molecule has 2 aliphatic heterocycles. The third-order valence-electron chi connectivity index (χ3n) is 5.53. The third kappa shape index (κ3) is 3.89. The van der Waals surface area contributed by atoms with Gasteiger partial charge in [0, 0.05) is 17.5 Å². The first-order chi connectivity index (χ1) is 13.9.